The molecule has 2 rings (SSSR count). The molecule has 4 nitrogen and oxygen atoms in total. The van der Waals surface area contributed by atoms with E-state index in [1.807, 2.05) is 6.07 Å². The monoisotopic (exact) mass is 303 g/mol. The van der Waals surface area contributed by atoms with Gasteiger partial charge in [-0.25, -0.2) is 4.99 Å². The van der Waals surface area contributed by atoms with Crippen LogP contribution in [0.2, 0.25) is 0 Å². The Hall–Kier alpha value is -0.590. The van der Waals surface area contributed by atoms with Crippen LogP contribution in [0.4, 0.5) is 0 Å². The maximum Gasteiger partial charge on any atom is 0.191 e. The Morgan fingerprint density at radius 3 is 2.88 bits per heavy atom. The standard InChI is InChI=1S/C10H14BrN3OS/c11-9-2-1-8(16-9)7-13-10(12)14-3-5-15-6-4-14/h1-2H,3-7H2,(H2,12,13). The highest BCUT2D eigenvalue weighted by Gasteiger charge is 2.11. The fourth-order valence-corrected chi connectivity index (χ4v) is 2.90. The van der Waals surface area contributed by atoms with E-state index in [9.17, 15) is 0 Å². The normalized spacial score (nSPS) is 17.8. The van der Waals surface area contributed by atoms with Gasteiger partial charge in [0, 0.05) is 18.0 Å². The molecule has 0 aromatic carbocycles. The van der Waals surface area contributed by atoms with Gasteiger partial charge < -0.3 is 15.4 Å². The number of aliphatic imine (C=N–C) groups is 1. The van der Waals surface area contributed by atoms with Crippen LogP contribution in [0, 0.1) is 0 Å². The van der Waals surface area contributed by atoms with Gasteiger partial charge in [0.25, 0.3) is 0 Å². The highest BCUT2D eigenvalue weighted by Crippen LogP contribution is 2.22. The predicted molar refractivity (Wildman–Crippen MR) is 69.7 cm³/mol. The van der Waals surface area contributed by atoms with E-state index in [0.717, 1.165) is 30.1 Å². The summed E-state index contributed by atoms with van der Waals surface area (Å²) in [6.45, 7) is 3.80. The molecule has 0 saturated carbocycles. The minimum absolute atomic E-state index is 0.618. The third kappa shape index (κ3) is 3.20. The highest BCUT2D eigenvalue weighted by atomic mass is 79.9. The van der Waals surface area contributed by atoms with E-state index in [1.165, 1.54) is 4.88 Å². The van der Waals surface area contributed by atoms with E-state index in [4.69, 9.17) is 10.5 Å². The van der Waals surface area contributed by atoms with Crippen molar-refractivity contribution < 1.29 is 4.74 Å². The minimum atomic E-state index is 0.618. The molecule has 0 radical (unpaired) electrons. The molecule has 1 aromatic heterocycles. The number of morpholine rings is 1. The van der Waals surface area contributed by atoms with E-state index in [1.54, 1.807) is 11.3 Å². The SMILES string of the molecule is NC(=NCc1ccc(Br)s1)N1CCOCC1. The van der Waals surface area contributed by atoms with Crippen molar-refractivity contribution in [2.24, 2.45) is 10.7 Å². The Balaban J connectivity index is 1.90. The summed E-state index contributed by atoms with van der Waals surface area (Å²) in [5.41, 5.74) is 5.92. The zero-order valence-electron chi connectivity index (χ0n) is 8.86. The second-order valence-corrected chi connectivity index (χ2v) is 6.03. The number of hydrogen-bond acceptors (Lipinski definition) is 3. The molecule has 88 valence electrons. The summed E-state index contributed by atoms with van der Waals surface area (Å²) in [6, 6.07) is 4.09. The quantitative estimate of drug-likeness (QED) is 0.668. The van der Waals surface area contributed by atoms with Gasteiger partial charge in [-0.15, -0.1) is 11.3 Å². The van der Waals surface area contributed by atoms with Gasteiger partial charge in [-0.05, 0) is 28.1 Å². The number of nitrogens with two attached hydrogens (primary N) is 1. The second-order valence-electron chi connectivity index (χ2n) is 3.48. The van der Waals surface area contributed by atoms with Gasteiger partial charge in [-0.2, -0.15) is 0 Å². The number of nitrogens with zero attached hydrogens (tertiary/aromatic N) is 2. The van der Waals surface area contributed by atoms with Crippen molar-refractivity contribution in [2.75, 3.05) is 26.3 Å². The van der Waals surface area contributed by atoms with E-state index >= 15 is 0 Å². The van der Waals surface area contributed by atoms with Crippen LogP contribution in [-0.4, -0.2) is 37.2 Å². The minimum Gasteiger partial charge on any atom is -0.378 e. The van der Waals surface area contributed by atoms with Crippen molar-refractivity contribution in [3.05, 3.63) is 20.8 Å². The van der Waals surface area contributed by atoms with E-state index in [0.29, 0.717) is 12.5 Å². The molecule has 16 heavy (non-hydrogen) atoms. The third-order valence-corrected chi connectivity index (χ3v) is 3.97. The molecule has 1 aliphatic rings. The summed E-state index contributed by atoms with van der Waals surface area (Å²) in [6.07, 6.45) is 0. The zero-order chi connectivity index (χ0) is 11.4. The van der Waals surface area contributed by atoms with E-state index in [-0.39, 0.29) is 0 Å². The lowest BCUT2D eigenvalue weighted by molar-refractivity contribution is 0.0674. The lowest BCUT2D eigenvalue weighted by Gasteiger charge is -2.27. The van der Waals surface area contributed by atoms with Crippen LogP contribution in [0.3, 0.4) is 0 Å². The number of halogens is 1. The van der Waals surface area contributed by atoms with Crippen molar-refractivity contribution in [2.45, 2.75) is 6.54 Å². The van der Waals surface area contributed by atoms with Crippen LogP contribution < -0.4 is 5.73 Å². The van der Waals surface area contributed by atoms with Crippen molar-refractivity contribution in [1.82, 2.24) is 4.90 Å². The summed E-state index contributed by atoms with van der Waals surface area (Å²) in [7, 11) is 0. The third-order valence-electron chi connectivity index (χ3n) is 2.36. The van der Waals surface area contributed by atoms with Gasteiger partial charge in [-0.1, -0.05) is 0 Å². The number of guanidine groups is 1. The van der Waals surface area contributed by atoms with Gasteiger partial charge in [0.05, 0.1) is 23.5 Å². The smallest absolute Gasteiger partial charge is 0.191 e. The molecule has 2 heterocycles. The lowest BCUT2D eigenvalue weighted by atomic mass is 10.4. The topological polar surface area (TPSA) is 50.8 Å². The molecule has 2 N–H and O–H groups in total. The Morgan fingerprint density at radius 1 is 1.50 bits per heavy atom. The van der Waals surface area contributed by atoms with Crippen LogP contribution in [0.5, 0.6) is 0 Å². The molecule has 0 aliphatic carbocycles. The average Bonchev–Trinajstić information content (AvgIpc) is 2.73. The molecule has 1 aliphatic heterocycles. The molecular formula is C10H14BrN3OS. The fraction of sp³-hybridized carbons (Fsp3) is 0.500. The van der Waals surface area contributed by atoms with Crippen LogP contribution >= 0.6 is 27.3 Å². The summed E-state index contributed by atoms with van der Waals surface area (Å²) in [4.78, 5) is 7.66. The first-order chi connectivity index (χ1) is 7.75. The number of hydrogen-bond donors (Lipinski definition) is 1. The first-order valence-electron chi connectivity index (χ1n) is 5.12. The van der Waals surface area contributed by atoms with Crippen LogP contribution in [0.25, 0.3) is 0 Å². The van der Waals surface area contributed by atoms with E-state index in [2.05, 4.69) is 31.9 Å². The number of rotatable bonds is 2. The Morgan fingerprint density at radius 2 is 2.25 bits per heavy atom. The van der Waals surface area contributed by atoms with Gasteiger partial charge in [0.2, 0.25) is 0 Å². The molecule has 0 spiro atoms. The van der Waals surface area contributed by atoms with Gasteiger partial charge in [-0.3, -0.25) is 0 Å². The molecule has 1 saturated heterocycles. The fourth-order valence-electron chi connectivity index (χ4n) is 1.49. The summed E-state index contributed by atoms with van der Waals surface area (Å²) >= 11 is 5.11. The molecule has 0 unspecified atom stereocenters. The second kappa shape index (κ2) is 5.65. The summed E-state index contributed by atoms with van der Waals surface area (Å²) in [5.74, 6) is 0.618. The molecule has 1 aromatic rings. The first kappa shape index (κ1) is 11.9. The first-order valence-corrected chi connectivity index (χ1v) is 6.73. The summed E-state index contributed by atoms with van der Waals surface area (Å²) < 4.78 is 6.39. The van der Waals surface area contributed by atoms with E-state index < -0.39 is 0 Å². The Labute approximate surface area is 107 Å². The van der Waals surface area contributed by atoms with Gasteiger partial charge >= 0.3 is 0 Å². The number of ether oxygens (including phenoxy) is 1. The van der Waals surface area contributed by atoms with Gasteiger partial charge in [0.15, 0.2) is 5.96 Å². The van der Waals surface area contributed by atoms with Gasteiger partial charge in [0.1, 0.15) is 0 Å². The van der Waals surface area contributed by atoms with Crippen LogP contribution in [0.15, 0.2) is 20.9 Å². The lowest BCUT2D eigenvalue weighted by Crippen LogP contribution is -2.44. The predicted octanol–water partition coefficient (Wildman–Crippen LogP) is 1.66. The molecule has 0 bridgehead atoms. The van der Waals surface area contributed by atoms with Crippen molar-refractivity contribution in [1.29, 1.82) is 0 Å². The van der Waals surface area contributed by atoms with Crippen molar-refractivity contribution in [3.8, 4) is 0 Å². The molecule has 0 atom stereocenters. The molecule has 1 fully saturated rings. The maximum absolute atomic E-state index is 5.92. The highest BCUT2D eigenvalue weighted by molar-refractivity contribution is 9.11. The Bertz CT molecular complexity index is 374. The van der Waals surface area contributed by atoms with Crippen LogP contribution in [-0.2, 0) is 11.3 Å². The number of thiophene rings is 1. The average molecular weight is 304 g/mol. The maximum atomic E-state index is 5.92. The molecule has 0 amide bonds. The van der Waals surface area contributed by atoms with Crippen molar-refractivity contribution >= 4 is 33.2 Å². The largest absolute Gasteiger partial charge is 0.378 e. The van der Waals surface area contributed by atoms with Crippen molar-refractivity contribution in [3.63, 3.8) is 0 Å². The molecular weight excluding hydrogens is 290 g/mol. The molecule has 6 heteroatoms. The van der Waals surface area contributed by atoms with Crippen LogP contribution in [0.1, 0.15) is 4.88 Å². The zero-order valence-corrected chi connectivity index (χ0v) is 11.3. The Kier molecular flexibility index (Phi) is 4.20. The summed E-state index contributed by atoms with van der Waals surface area (Å²) in [5, 5.41) is 0.